The van der Waals surface area contributed by atoms with Gasteiger partial charge in [0.25, 0.3) is 0 Å². The third kappa shape index (κ3) is 8.80. The maximum absolute atomic E-state index is 13.6. The number of aliphatic hydroxyl groups is 1. The molecule has 1 fully saturated rings. The molecular weight excluding hydrogens is 552 g/mol. The van der Waals surface area contributed by atoms with Crippen molar-refractivity contribution < 1.29 is 38.9 Å². The van der Waals surface area contributed by atoms with Crippen molar-refractivity contribution in [3.63, 3.8) is 0 Å². The molecule has 0 aliphatic carbocycles. The van der Waals surface area contributed by atoms with Crippen molar-refractivity contribution in [1.29, 1.82) is 0 Å². The van der Waals surface area contributed by atoms with Crippen LogP contribution in [0, 0.1) is 12.3 Å². The molecule has 0 spiro atoms. The highest BCUT2D eigenvalue weighted by Gasteiger charge is 2.46. The summed E-state index contributed by atoms with van der Waals surface area (Å²) in [6.07, 6.45) is -0.718. The Kier molecular flexibility index (Phi) is 11.4. The second kappa shape index (κ2) is 14.5. The summed E-state index contributed by atoms with van der Waals surface area (Å²) in [5, 5.41) is 24.5. The van der Waals surface area contributed by atoms with Gasteiger partial charge >= 0.3 is 5.97 Å². The van der Waals surface area contributed by atoms with Crippen molar-refractivity contribution in [2.24, 2.45) is 5.41 Å². The molecule has 224 valence electrons. The highest BCUT2D eigenvalue weighted by molar-refractivity contribution is 7.13. The number of nitrogens with zero attached hydrogens (tertiary/aromatic N) is 2. The summed E-state index contributed by atoms with van der Waals surface area (Å²) in [5.41, 5.74) is 3.62. The molecule has 0 bridgehead atoms. The largest absolute Gasteiger partial charge is 0.480 e. The lowest BCUT2D eigenvalue weighted by Gasteiger charge is -2.36. The van der Waals surface area contributed by atoms with E-state index in [1.165, 1.54) is 4.90 Å². The fraction of sp³-hybridized carbons (Fsp3) is 0.536. The number of aliphatic carboxylic acids is 1. The van der Waals surface area contributed by atoms with Gasteiger partial charge in [-0.05, 0) is 38.8 Å². The number of β-amino-alcohol motifs (C(OH)–C–C–N with tert-alkyl or cyclic N) is 1. The van der Waals surface area contributed by atoms with E-state index in [0.717, 1.165) is 21.7 Å². The predicted octanol–water partition coefficient (Wildman–Crippen LogP) is 1.35. The normalized spacial score (nSPS) is 17.7. The quantitative estimate of drug-likeness (QED) is 0.237. The van der Waals surface area contributed by atoms with Crippen LogP contribution in [0.15, 0.2) is 29.8 Å². The van der Waals surface area contributed by atoms with Crippen LogP contribution in [0.25, 0.3) is 10.4 Å². The Morgan fingerprint density at radius 1 is 1.15 bits per heavy atom. The molecule has 3 rings (SSSR count). The number of carbonyl (C=O) groups excluding carboxylic acids is 3. The second-order valence-electron chi connectivity index (χ2n) is 10.6. The first-order valence-electron chi connectivity index (χ1n) is 13.3. The van der Waals surface area contributed by atoms with E-state index in [4.69, 9.17) is 14.6 Å². The van der Waals surface area contributed by atoms with Gasteiger partial charge in [0.15, 0.2) is 0 Å². The number of aromatic nitrogens is 1. The lowest BCUT2D eigenvalue weighted by molar-refractivity contribution is -0.147. The molecule has 1 aromatic carbocycles. The van der Waals surface area contributed by atoms with Crippen molar-refractivity contribution >= 4 is 35.0 Å². The van der Waals surface area contributed by atoms with Crippen molar-refractivity contribution in [3.8, 4) is 10.4 Å². The summed E-state index contributed by atoms with van der Waals surface area (Å²) >= 11 is 1.57. The molecule has 12 nitrogen and oxygen atoms in total. The molecule has 41 heavy (non-hydrogen) atoms. The molecular formula is C28H38N4O8S. The lowest BCUT2D eigenvalue weighted by Crippen LogP contribution is -2.56. The Morgan fingerprint density at radius 2 is 1.80 bits per heavy atom. The number of rotatable bonds is 14. The molecule has 13 heteroatoms. The summed E-state index contributed by atoms with van der Waals surface area (Å²) in [6.45, 7) is 6.60. The van der Waals surface area contributed by atoms with Crippen LogP contribution in [0.4, 0.5) is 0 Å². The molecule has 3 amide bonds. The number of hydrogen-bond donors (Lipinski definition) is 4. The molecule has 3 atom stereocenters. The SMILES string of the molecule is Cc1ncsc1-c1ccc(CNC(=O)[C@@H]2C[C@@H](O)CN2C(=O)C(C)(C)[C@H](C)NC(=O)COCCOCC(=O)O)cc1. The number of carboxylic acid groups (broad SMARTS) is 1. The Hall–Kier alpha value is -3.39. The van der Waals surface area contributed by atoms with E-state index in [-0.39, 0.29) is 51.1 Å². The number of nitrogens with one attached hydrogen (secondary N) is 2. The molecule has 1 aliphatic rings. The minimum atomic E-state index is -1.10. The van der Waals surface area contributed by atoms with E-state index in [0.29, 0.717) is 0 Å². The molecule has 0 radical (unpaired) electrons. The zero-order valence-electron chi connectivity index (χ0n) is 23.7. The first-order chi connectivity index (χ1) is 19.4. The first-order valence-corrected chi connectivity index (χ1v) is 14.2. The van der Waals surface area contributed by atoms with Crippen molar-refractivity contribution in [1.82, 2.24) is 20.5 Å². The molecule has 1 aliphatic heterocycles. The highest BCUT2D eigenvalue weighted by atomic mass is 32.1. The van der Waals surface area contributed by atoms with E-state index in [2.05, 4.69) is 15.6 Å². The fourth-order valence-corrected chi connectivity index (χ4v) is 5.22. The molecule has 4 N–H and O–H groups in total. The fourth-order valence-electron chi connectivity index (χ4n) is 4.41. The molecule has 2 heterocycles. The maximum atomic E-state index is 13.6. The molecule has 1 saturated heterocycles. The third-order valence-electron chi connectivity index (χ3n) is 7.11. The number of carboxylic acids is 1. The van der Waals surface area contributed by atoms with Gasteiger partial charge in [0.05, 0.1) is 40.8 Å². The number of amides is 3. The summed E-state index contributed by atoms with van der Waals surface area (Å²) in [5.74, 6) is -2.27. The van der Waals surface area contributed by atoms with E-state index >= 15 is 0 Å². The lowest BCUT2D eigenvalue weighted by atomic mass is 9.83. The molecule has 2 aromatic rings. The molecule has 1 aromatic heterocycles. The van der Waals surface area contributed by atoms with Crippen LogP contribution in [-0.2, 0) is 35.2 Å². The Morgan fingerprint density at radius 3 is 2.41 bits per heavy atom. The minimum Gasteiger partial charge on any atom is -0.480 e. The number of aliphatic hydroxyl groups excluding tert-OH is 1. The average Bonchev–Trinajstić information content (AvgIpc) is 3.54. The summed E-state index contributed by atoms with van der Waals surface area (Å²) in [4.78, 5) is 56.2. The third-order valence-corrected chi connectivity index (χ3v) is 8.09. The van der Waals surface area contributed by atoms with Gasteiger partial charge in [0.1, 0.15) is 19.3 Å². The average molecular weight is 591 g/mol. The number of hydrogen-bond acceptors (Lipinski definition) is 9. The Balaban J connectivity index is 1.52. The van der Waals surface area contributed by atoms with Gasteiger partial charge in [-0.1, -0.05) is 24.3 Å². The number of ether oxygens (including phenoxy) is 2. The van der Waals surface area contributed by atoms with Crippen LogP contribution in [0.2, 0.25) is 0 Å². The number of benzene rings is 1. The van der Waals surface area contributed by atoms with Crippen LogP contribution in [-0.4, -0.2) is 94.9 Å². The molecule has 0 saturated carbocycles. The first kappa shape index (κ1) is 32.1. The van der Waals surface area contributed by atoms with Crippen molar-refractivity contribution in [3.05, 3.63) is 41.0 Å². The smallest absolute Gasteiger partial charge is 0.329 e. The predicted molar refractivity (Wildman–Crippen MR) is 151 cm³/mol. The van der Waals surface area contributed by atoms with E-state index in [9.17, 15) is 24.3 Å². The number of thiazole rings is 1. The second-order valence-corrected chi connectivity index (χ2v) is 11.4. The van der Waals surface area contributed by atoms with E-state index in [1.54, 1.807) is 37.6 Å². The van der Waals surface area contributed by atoms with Crippen LogP contribution in [0.1, 0.15) is 38.4 Å². The van der Waals surface area contributed by atoms with Crippen molar-refractivity contribution in [2.45, 2.75) is 58.8 Å². The summed E-state index contributed by atoms with van der Waals surface area (Å²) < 4.78 is 10.0. The van der Waals surface area contributed by atoms with Crippen LogP contribution < -0.4 is 10.6 Å². The highest BCUT2D eigenvalue weighted by Crippen LogP contribution is 2.30. The van der Waals surface area contributed by atoms with E-state index < -0.39 is 42.1 Å². The Labute approximate surface area is 243 Å². The maximum Gasteiger partial charge on any atom is 0.329 e. The van der Waals surface area contributed by atoms with Crippen LogP contribution in [0.5, 0.6) is 0 Å². The van der Waals surface area contributed by atoms with Gasteiger partial charge < -0.3 is 35.2 Å². The standard InChI is InChI=1S/C28H38N4O8S/c1-17-25(41-16-30-17)20-7-5-19(6-8-20)12-29-26(37)22-11-21(33)13-32(22)27(38)28(3,4)18(2)31-23(34)14-39-9-10-40-15-24(35)36/h5-8,16,18,21-22,33H,9-15H2,1-4H3,(H,29,37)(H,31,34)(H,35,36)/t18-,21+,22-/m0/s1. The van der Waals surface area contributed by atoms with Gasteiger partial charge in [-0.25, -0.2) is 9.78 Å². The number of carbonyl (C=O) groups is 4. The topological polar surface area (TPSA) is 167 Å². The van der Waals surface area contributed by atoms with Gasteiger partial charge in [-0.15, -0.1) is 11.3 Å². The molecule has 0 unspecified atom stereocenters. The zero-order chi connectivity index (χ0) is 30.2. The van der Waals surface area contributed by atoms with Gasteiger partial charge in [-0.2, -0.15) is 0 Å². The van der Waals surface area contributed by atoms with Crippen LogP contribution >= 0.6 is 11.3 Å². The van der Waals surface area contributed by atoms with E-state index in [1.807, 2.05) is 31.2 Å². The number of aryl methyl sites for hydroxylation is 1. The summed E-state index contributed by atoms with van der Waals surface area (Å²) in [6, 6.07) is 6.37. The van der Waals surface area contributed by atoms with Gasteiger partial charge in [0.2, 0.25) is 17.7 Å². The summed E-state index contributed by atoms with van der Waals surface area (Å²) in [7, 11) is 0. The zero-order valence-corrected chi connectivity index (χ0v) is 24.5. The number of likely N-dealkylation sites (tertiary alicyclic amines) is 1. The Bertz CT molecular complexity index is 1220. The minimum absolute atomic E-state index is 0.0172. The van der Waals surface area contributed by atoms with Crippen molar-refractivity contribution in [2.75, 3.05) is 33.0 Å². The monoisotopic (exact) mass is 590 g/mol. The van der Waals surface area contributed by atoms with Crippen LogP contribution in [0.3, 0.4) is 0 Å². The van der Waals surface area contributed by atoms with Gasteiger partial charge in [0, 0.05) is 25.6 Å². The van der Waals surface area contributed by atoms with Gasteiger partial charge in [-0.3, -0.25) is 14.4 Å².